The van der Waals surface area contributed by atoms with Gasteiger partial charge in [0.05, 0.1) is 16.9 Å². The fourth-order valence-electron chi connectivity index (χ4n) is 2.75. The lowest BCUT2D eigenvalue weighted by Gasteiger charge is -2.31. The molecule has 0 N–H and O–H groups in total. The van der Waals surface area contributed by atoms with Crippen molar-refractivity contribution in [3.05, 3.63) is 29.6 Å². The Hall–Kier alpha value is -1.22. The van der Waals surface area contributed by atoms with Gasteiger partial charge in [0.2, 0.25) is 0 Å². The lowest BCUT2D eigenvalue weighted by Crippen LogP contribution is -2.39. The Morgan fingerprint density at radius 2 is 2.00 bits per heavy atom. The van der Waals surface area contributed by atoms with E-state index in [9.17, 15) is 0 Å². The van der Waals surface area contributed by atoms with Crippen LogP contribution >= 0.6 is 11.6 Å². The summed E-state index contributed by atoms with van der Waals surface area (Å²) in [5.41, 5.74) is 3.49. The molecule has 0 radical (unpaired) electrons. The number of hydrogen-bond donors (Lipinski definition) is 0. The van der Waals surface area contributed by atoms with Crippen LogP contribution in [0.15, 0.2) is 18.2 Å². The predicted molar refractivity (Wildman–Crippen MR) is 75.8 cm³/mol. The topological polar surface area (TPSA) is 21.1 Å². The summed E-state index contributed by atoms with van der Waals surface area (Å²) in [7, 11) is 0. The fourth-order valence-corrected chi connectivity index (χ4v) is 2.93. The Morgan fingerprint density at radius 3 is 2.72 bits per heavy atom. The quantitative estimate of drug-likeness (QED) is 0.776. The number of imidazole rings is 1. The summed E-state index contributed by atoms with van der Waals surface area (Å²) in [6, 6.07) is 6.34. The van der Waals surface area contributed by atoms with E-state index >= 15 is 0 Å². The van der Waals surface area contributed by atoms with Crippen molar-refractivity contribution in [3.63, 3.8) is 0 Å². The molecule has 0 spiro atoms. The van der Waals surface area contributed by atoms with E-state index in [0.717, 1.165) is 24.4 Å². The summed E-state index contributed by atoms with van der Waals surface area (Å²) in [5, 5.41) is 2.38. The van der Waals surface area contributed by atoms with Crippen LogP contribution in [-0.4, -0.2) is 22.7 Å². The summed E-state index contributed by atoms with van der Waals surface area (Å²) in [4.78, 5) is 4.70. The number of alkyl halides is 1. The highest BCUT2D eigenvalue weighted by Crippen LogP contribution is 2.22. The highest BCUT2D eigenvalue weighted by molar-refractivity contribution is 6.16. The third-order valence-corrected chi connectivity index (χ3v) is 3.90. The molecule has 0 saturated carbocycles. The fraction of sp³-hybridized carbons (Fsp3) is 0.500. The first-order valence-corrected chi connectivity index (χ1v) is 7.13. The Bertz CT molecular complexity index is 555. The Kier molecular flexibility index (Phi) is 3.16. The van der Waals surface area contributed by atoms with Crippen LogP contribution in [-0.2, 0) is 5.88 Å². The number of piperidine rings is 1. The molecular weight excluding hydrogens is 246 g/mol. The minimum Gasteiger partial charge on any atom is -0.311 e. The van der Waals surface area contributed by atoms with E-state index in [1.54, 1.807) is 0 Å². The van der Waals surface area contributed by atoms with Crippen molar-refractivity contribution in [1.82, 2.24) is 9.66 Å². The first-order chi connectivity index (χ1) is 8.81. The minimum atomic E-state index is 0.463. The average Bonchev–Trinajstić information content (AvgIpc) is 2.80. The van der Waals surface area contributed by atoms with Gasteiger partial charge in [-0.15, -0.1) is 11.6 Å². The molecule has 1 aromatic heterocycles. The number of para-hydroxylation sites is 1. The summed E-state index contributed by atoms with van der Waals surface area (Å²) in [6.07, 6.45) is 3.85. The molecule has 0 aliphatic carbocycles. The number of benzene rings is 1. The molecule has 2 heterocycles. The van der Waals surface area contributed by atoms with Crippen LogP contribution in [0.5, 0.6) is 0 Å². The maximum absolute atomic E-state index is 6.07. The zero-order valence-electron chi connectivity index (χ0n) is 10.7. The third kappa shape index (κ3) is 1.87. The van der Waals surface area contributed by atoms with Crippen molar-refractivity contribution in [3.8, 4) is 0 Å². The third-order valence-electron chi connectivity index (χ3n) is 3.66. The number of hydrogen-bond acceptors (Lipinski definition) is 2. The first kappa shape index (κ1) is 11.8. The molecule has 3 nitrogen and oxygen atoms in total. The second-order valence-corrected chi connectivity index (χ2v) is 5.20. The monoisotopic (exact) mass is 263 g/mol. The van der Waals surface area contributed by atoms with Crippen LogP contribution in [0.25, 0.3) is 11.0 Å². The van der Waals surface area contributed by atoms with E-state index in [0.29, 0.717) is 5.88 Å². The van der Waals surface area contributed by atoms with Gasteiger partial charge in [0, 0.05) is 13.1 Å². The number of halogens is 1. The van der Waals surface area contributed by atoms with Gasteiger partial charge >= 0.3 is 0 Å². The zero-order valence-corrected chi connectivity index (χ0v) is 11.5. The Balaban J connectivity index is 2.16. The number of nitrogens with zero attached hydrogens (tertiary/aromatic N) is 3. The number of aromatic nitrogens is 2. The normalized spacial score (nSPS) is 16.4. The summed E-state index contributed by atoms with van der Waals surface area (Å²) < 4.78 is 2.23. The van der Waals surface area contributed by atoms with E-state index in [1.807, 2.05) is 0 Å². The van der Waals surface area contributed by atoms with Crippen molar-refractivity contribution < 1.29 is 0 Å². The van der Waals surface area contributed by atoms with Crippen LogP contribution in [0.4, 0.5) is 0 Å². The van der Waals surface area contributed by atoms with Gasteiger partial charge in [-0.1, -0.05) is 12.1 Å². The number of fused-ring (bicyclic) bond motifs is 1. The van der Waals surface area contributed by atoms with Crippen LogP contribution in [0.2, 0.25) is 0 Å². The molecule has 0 amide bonds. The standard InChI is InChI=1S/C14H18ClN3/c1-11-6-5-7-12-14(11)16-13(10-15)18(12)17-8-3-2-4-9-17/h5-7H,2-4,8-10H2,1H3. The molecule has 2 aromatic rings. The SMILES string of the molecule is Cc1cccc2c1nc(CCl)n2N1CCCCC1. The molecular formula is C14H18ClN3. The van der Waals surface area contributed by atoms with Gasteiger partial charge in [-0.05, 0) is 37.8 Å². The summed E-state index contributed by atoms with van der Waals surface area (Å²) in [6.45, 7) is 4.31. The van der Waals surface area contributed by atoms with Crippen LogP contribution < -0.4 is 5.01 Å². The van der Waals surface area contributed by atoms with Crippen molar-refractivity contribution in [2.75, 3.05) is 18.1 Å². The molecule has 1 fully saturated rings. The second kappa shape index (κ2) is 4.81. The molecule has 0 unspecified atom stereocenters. The van der Waals surface area contributed by atoms with Gasteiger partial charge in [-0.25, -0.2) is 9.66 Å². The van der Waals surface area contributed by atoms with E-state index in [2.05, 4.69) is 34.8 Å². The zero-order chi connectivity index (χ0) is 12.5. The van der Waals surface area contributed by atoms with E-state index in [-0.39, 0.29) is 0 Å². The maximum atomic E-state index is 6.07. The summed E-state index contributed by atoms with van der Waals surface area (Å²) in [5.74, 6) is 1.42. The molecule has 1 saturated heterocycles. The molecule has 4 heteroatoms. The van der Waals surface area contributed by atoms with E-state index < -0.39 is 0 Å². The smallest absolute Gasteiger partial charge is 0.143 e. The maximum Gasteiger partial charge on any atom is 0.143 e. The van der Waals surface area contributed by atoms with Crippen molar-refractivity contribution in [1.29, 1.82) is 0 Å². The van der Waals surface area contributed by atoms with E-state index in [4.69, 9.17) is 16.6 Å². The average molecular weight is 264 g/mol. The molecule has 1 aliphatic rings. The largest absolute Gasteiger partial charge is 0.311 e. The molecule has 96 valence electrons. The van der Waals surface area contributed by atoms with Gasteiger partial charge in [0.15, 0.2) is 0 Å². The molecule has 0 bridgehead atoms. The van der Waals surface area contributed by atoms with Gasteiger partial charge in [0.25, 0.3) is 0 Å². The van der Waals surface area contributed by atoms with Crippen LogP contribution in [0.3, 0.4) is 0 Å². The van der Waals surface area contributed by atoms with Gasteiger partial charge in [-0.2, -0.15) is 0 Å². The van der Waals surface area contributed by atoms with Gasteiger partial charge in [0.1, 0.15) is 5.82 Å². The lowest BCUT2D eigenvalue weighted by molar-refractivity contribution is 0.478. The van der Waals surface area contributed by atoms with Crippen molar-refractivity contribution in [2.24, 2.45) is 0 Å². The molecule has 1 aromatic carbocycles. The number of aryl methyl sites for hydroxylation is 1. The molecule has 0 atom stereocenters. The Labute approximate surface area is 112 Å². The van der Waals surface area contributed by atoms with Crippen molar-refractivity contribution >= 4 is 22.6 Å². The molecule has 3 rings (SSSR count). The first-order valence-electron chi connectivity index (χ1n) is 6.59. The Morgan fingerprint density at radius 1 is 1.22 bits per heavy atom. The van der Waals surface area contributed by atoms with Crippen molar-refractivity contribution in [2.45, 2.75) is 32.1 Å². The van der Waals surface area contributed by atoms with Crippen LogP contribution in [0.1, 0.15) is 30.7 Å². The van der Waals surface area contributed by atoms with Gasteiger partial charge in [-0.3, -0.25) is 0 Å². The highest BCUT2D eigenvalue weighted by Gasteiger charge is 2.18. The second-order valence-electron chi connectivity index (χ2n) is 4.93. The molecule has 1 aliphatic heterocycles. The van der Waals surface area contributed by atoms with E-state index in [1.165, 1.54) is 30.3 Å². The summed E-state index contributed by atoms with van der Waals surface area (Å²) >= 11 is 6.07. The number of rotatable bonds is 2. The predicted octanol–water partition coefficient (Wildman–Crippen LogP) is 3.21. The minimum absolute atomic E-state index is 0.463. The molecule has 18 heavy (non-hydrogen) atoms. The lowest BCUT2D eigenvalue weighted by atomic mass is 10.2. The van der Waals surface area contributed by atoms with Gasteiger partial charge < -0.3 is 5.01 Å². The highest BCUT2D eigenvalue weighted by atomic mass is 35.5. The van der Waals surface area contributed by atoms with Crippen LogP contribution in [0, 0.1) is 6.92 Å².